The third-order valence-corrected chi connectivity index (χ3v) is 3.09. The Kier molecular flexibility index (Phi) is 3.61. The summed E-state index contributed by atoms with van der Waals surface area (Å²) in [6.07, 6.45) is 4.41. The molecule has 1 aliphatic heterocycles. The molecule has 0 saturated carbocycles. The first-order valence-electron chi connectivity index (χ1n) is 5.96. The highest BCUT2D eigenvalue weighted by Crippen LogP contribution is 2.15. The molecule has 1 unspecified atom stereocenters. The minimum Gasteiger partial charge on any atom is -0.375 e. The van der Waals surface area contributed by atoms with Crippen molar-refractivity contribution in [3.05, 3.63) is 18.0 Å². The van der Waals surface area contributed by atoms with Gasteiger partial charge in [0.05, 0.1) is 18.9 Å². The molecule has 2 rings (SSSR count). The summed E-state index contributed by atoms with van der Waals surface area (Å²) in [7, 11) is 1.96. The van der Waals surface area contributed by atoms with Crippen molar-refractivity contribution >= 4 is 0 Å². The lowest BCUT2D eigenvalue weighted by molar-refractivity contribution is -0.0529. The van der Waals surface area contributed by atoms with Crippen LogP contribution in [0.15, 0.2) is 12.4 Å². The van der Waals surface area contributed by atoms with E-state index in [2.05, 4.69) is 30.0 Å². The minimum absolute atomic E-state index is 0.380. The zero-order chi connectivity index (χ0) is 11.5. The van der Waals surface area contributed by atoms with Crippen molar-refractivity contribution < 1.29 is 4.74 Å². The molecule has 4 heteroatoms. The van der Waals surface area contributed by atoms with E-state index >= 15 is 0 Å². The van der Waals surface area contributed by atoms with E-state index in [0.29, 0.717) is 12.0 Å². The van der Waals surface area contributed by atoms with E-state index in [-0.39, 0.29) is 0 Å². The molecule has 90 valence electrons. The minimum atomic E-state index is 0.380. The highest BCUT2D eigenvalue weighted by Gasteiger charge is 2.23. The molecule has 0 aliphatic carbocycles. The molecule has 0 radical (unpaired) electrons. The Morgan fingerprint density at radius 3 is 3.00 bits per heavy atom. The maximum Gasteiger partial charge on any atom is 0.0725 e. The first-order chi connectivity index (χ1) is 7.65. The molecule has 1 aliphatic rings. The Hall–Kier alpha value is -0.870. The molecular formula is C12H21N3O. The summed E-state index contributed by atoms with van der Waals surface area (Å²) < 4.78 is 7.61. The lowest BCUT2D eigenvalue weighted by atomic mass is 10.1. The topological polar surface area (TPSA) is 30.3 Å². The van der Waals surface area contributed by atoms with E-state index in [1.54, 1.807) is 0 Å². The van der Waals surface area contributed by atoms with Crippen LogP contribution in [-0.4, -0.2) is 40.5 Å². The molecule has 0 N–H and O–H groups in total. The fourth-order valence-electron chi connectivity index (χ4n) is 2.09. The fourth-order valence-corrected chi connectivity index (χ4v) is 2.09. The van der Waals surface area contributed by atoms with Crippen LogP contribution < -0.4 is 0 Å². The van der Waals surface area contributed by atoms with Crippen LogP contribution in [0.3, 0.4) is 0 Å². The lowest BCUT2D eigenvalue weighted by Gasteiger charge is -2.34. The van der Waals surface area contributed by atoms with Gasteiger partial charge in [0.1, 0.15) is 0 Å². The van der Waals surface area contributed by atoms with Gasteiger partial charge in [-0.3, -0.25) is 9.58 Å². The molecule has 1 aromatic heterocycles. The molecule has 4 nitrogen and oxygen atoms in total. The Morgan fingerprint density at radius 1 is 1.56 bits per heavy atom. The summed E-state index contributed by atoms with van der Waals surface area (Å²) >= 11 is 0. The number of ether oxygens (including phenoxy) is 1. The summed E-state index contributed by atoms with van der Waals surface area (Å²) in [4.78, 5) is 2.45. The molecule has 1 atom stereocenters. The fraction of sp³-hybridized carbons (Fsp3) is 0.750. The first-order valence-corrected chi connectivity index (χ1v) is 5.96. The smallest absolute Gasteiger partial charge is 0.0725 e. The second kappa shape index (κ2) is 4.97. The zero-order valence-electron chi connectivity index (χ0n) is 10.4. The highest BCUT2D eigenvalue weighted by molar-refractivity contribution is 5.03. The molecule has 2 heterocycles. The lowest BCUT2D eigenvalue weighted by Crippen LogP contribution is -2.44. The number of aryl methyl sites for hydroxylation is 1. The summed E-state index contributed by atoms with van der Waals surface area (Å²) in [5.74, 6) is 0.594. The van der Waals surface area contributed by atoms with Gasteiger partial charge in [-0.15, -0.1) is 0 Å². The van der Waals surface area contributed by atoms with Crippen LogP contribution in [0, 0.1) is 5.92 Å². The van der Waals surface area contributed by atoms with Gasteiger partial charge in [0.2, 0.25) is 0 Å². The van der Waals surface area contributed by atoms with Gasteiger partial charge in [0, 0.05) is 38.4 Å². The third kappa shape index (κ3) is 2.83. The van der Waals surface area contributed by atoms with Crippen molar-refractivity contribution in [3.8, 4) is 0 Å². The maximum atomic E-state index is 5.75. The second-order valence-electron chi connectivity index (χ2n) is 4.91. The van der Waals surface area contributed by atoms with Gasteiger partial charge >= 0.3 is 0 Å². The number of hydrogen-bond acceptors (Lipinski definition) is 3. The summed E-state index contributed by atoms with van der Waals surface area (Å²) in [5.41, 5.74) is 1.28. The van der Waals surface area contributed by atoms with Gasteiger partial charge < -0.3 is 4.74 Å². The molecular weight excluding hydrogens is 202 g/mol. The Bertz CT molecular complexity index is 335. The number of rotatable bonds is 3. The van der Waals surface area contributed by atoms with Crippen LogP contribution in [0.25, 0.3) is 0 Å². The molecule has 1 fully saturated rings. The zero-order valence-corrected chi connectivity index (χ0v) is 10.4. The largest absolute Gasteiger partial charge is 0.375 e. The van der Waals surface area contributed by atoms with Gasteiger partial charge in [-0.05, 0) is 5.92 Å². The van der Waals surface area contributed by atoms with Crippen molar-refractivity contribution in [1.82, 2.24) is 14.7 Å². The molecule has 16 heavy (non-hydrogen) atoms. The predicted molar refractivity (Wildman–Crippen MR) is 63.1 cm³/mol. The molecule has 1 aromatic rings. The maximum absolute atomic E-state index is 5.75. The number of aromatic nitrogens is 2. The predicted octanol–water partition coefficient (Wildman–Crippen LogP) is 1.28. The summed E-state index contributed by atoms with van der Waals surface area (Å²) in [5, 5.41) is 4.20. The monoisotopic (exact) mass is 223 g/mol. The van der Waals surface area contributed by atoms with Gasteiger partial charge in [-0.2, -0.15) is 5.10 Å². The molecule has 1 saturated heterocycles. The molecule has 0 aromatic carbocycles. The van der Waals surface area contributed by atoms with E-state index in [1.165, 1.54) is 5.56 Å². The van der Waals surface area contributed by atoms with Gasteiger partial charge in [-0.1, -0.05) is 13.8 Å². The quantitative estimate of drug-likeness (QED) is 0.773. The molecule has 0 bridgehead atoms. The van der Waals surface area contributed by atoms with Crippen LogP contribution in [0.2, 0.25) is 0 Å². The van der Waals surface area contributed by atoms with Gasteiger partial charge in [-0.25, -0.2) is 0 Å². The SMILES string of the molecule is CC(C)C1CN(Cc2cnn(C)c2)CCO1. The Balaban J connectivity index is 1.90. The summed E-state index contributed by atoms with van der Waals surface area (Å²) in [6.45, 7) is 8.34. The normalized spacial score (nSPS) is 22.9. The average molecular weight is 223 g/mol. The van der Waals surface area contributed by atoms with E-state index in [0.717, 1.165) is 26.2 Å². The molecule has 0 amide bonds. The Morgan fingerprint density at radius 2 is 2.38 bits per heavy atom. The third-order valence-electron chi connectivity index (χ3n) is 3.09. The summed E-state index contributed by atoms with van der Waals surface area (Å²) in [6, 6.07) is 0. The number of hydrogen-bond donors (Lipinski definition) is 0. The molecule has 0 spiro atoms. The number of nitrogens with zero attached hydrogens (tertiary/aromatic N) is 3. The average Bonchev–Trinajstić information content (AvgIpc) is 2.64. The van der Waals surface area contributed by atoms with E-state index in [1.807, 2.05) is 17.9 Å². The second-order valence-corrected chi connectivity index (χ2v) is 4.91. The van der Waals surface area contributed by atoms with Crippen LogP contribution in [0.4, 0.5) is 0 Å². The van der Waals surface area contributed by atoms with Crippen molar-refractivity contribution in [3.63, 3.8) is 0 Å². The van der Waals surface area contributed by atoms with Gasteiger partial charge in [0.25, 0.3) is 0 Å². The first kappa shape index (κ1) is 11.6. The van der Waals surface area contributed by atoms with Crippen molar-refractivity contribution in [1.29, 1.82) is 0 Å². The van der Waals surface area contributed by atoms with Crippen LogP contribution in [0.1, 0.15) is 19.4 Å². The van der Waals surface area contributed by atoms with Crippen LogP contribution >= 0.6 is 0 Å². The highest BCUT2D eigenvalue weighted by atomic mass is 16.5. The number of morpholine rings is 1. The standard InChI is InChI=1S/C12H21N3O/c1-10(2)12-9-15(4-5-16-12)8-11-6-13-14(3)7-11/h6-7,10,12H,4-5,8-9H2,1-3H3. The van der Waals surface area contributed by atoms with Crippen molar-refractivity contribution in [2.24, 2.45) is 13.0 Å². The van der Waals surface area contributed by atoms with Crippen molar-refractivity contribution in [2.45, 2.75) is 26.5 Å². The van der Waals surface area contributed by atoms with E-state index in [4.69, 9.17) is 4.74 Å². The van der Waals surface area contributed by atoms with Crippen LogP contribution in [0.5, 0.6) is 0 Å². The van der Waals surface area contributed by atoms with Crippen LogP contribution in [-0.2, 0) is 18.3 Å². The van der Waals surface area contributed by atoms with E-state index < -0.39 is 0 Å². The van der Waals surface area contributed by atoms with E-state index in [9.17, 15) is 0 Å². The van der Waals surface area contributed by atoms with Crippen molar-refractivity contribution in [2.75, 3.05) is 19.7 Å². The Labute approximate surface area is 97.2 Å². The van der Waals surface area contributed by atoms with Gasteiger partial charge in [0.15, 0.2) is 0 Å².